The smallest absolute Gasteiger partial charge is 0.268 e. The Morgan fingerprint density at radius 3 is 1.86 bits per heavy atom. The second-order valence-electron chi connectivity index (χ2n) is 8.08. The summed E-state index contributed by atoms with van der Waals surface area (Å²) < 4.78 is 5.74. The van der Waals surface area contributed by atoms with Crippen LogP contribution >= 0.6 is 0 Å². The van der Waals surface area contributed by atoms with Crippen molar-refractivity contribution in [2.45, 2.75) is 13.0 Å². The molecule has 0 fully saturated rings. The first-order valence-electron chi connectivity index (χ1n) is 11.9. The predicted molar refractivity (Wildman–Crippen MR) is 142 cm³/mol. The predicted octanol–water partition coefficient (Wildman–Crippen LogP) is 5.76. The van der Waals surface area contributed by atoms with Gasteiger partial charge in [-0.05, 0) is 42.3 Å². The minimum atomic E-state index is -0.414. The lowest BCUT2D eigenvalue weighted by Gasteiger charge is -2.21. The van der Waals surface area contributed by atoms with Crippen LogP contribution in [0.15, 0.2) is 121 Å². The standard InChI is InChI=1S/C31H28N2O3/c1-2-36-28-21-13-12-20-26(28)22-27(32-30(34)25-18-10-5-11-19-25)31(35)33-29(23-14-6-3-7-15-23)24-16-8-4-9-17-24/h3-22,29H,2H2,1H3,(H,32,34)(H,33,35). The summed E-state index contributed by atoms with van der Waals surface area (Å²) in [5, 5.41) is 5.93. The van der Waals surface area contributed by atoms with Gasteiger partial charge in [-0.3, -0.25) is 9.59 Å². The Bertz CT molecular complexity index is 1280. The number of carbonyl (C=O) groups is 2. The molecule has 180 valence electrons. The first-order chi connectivity index (χ1) is 17.7. The molecule has 5 heteroatoms. The third kappa shape index (κ3) is 6.27. The molecule has 2 amide bonds. The number of para-hydroxylation sites is 1. The topological polar surface area (TPSA) is 67.4 Å². The summed E-state index contributed by atoms with van der Waals surface area (Å²) in [5.74, 6) is -0.160. The van der Waals surface area contributed by atoms with Crippen molar-refractivity contribution >= 4 is 17.9 Å². The molecule has 0 aromatic heterocycles. The van der Waals surface area contributed by atoms with Gasteiger partial charge in [-0.2, -0.15) is 0 Å². The molecule has 4 aromatic carbocycles. The first kappa shape index (κ1) is 24.5. The van der Waals surface area contributed by atoms with Crippen molar-refractivity contribution in [3.63, 3.8) is 0 Å². The second-order valence-corrected chi connectivity index (χ2v) is 8.08. The van der Waals surface area contributed by atoms with Gasteiger partial charge in [0, 0.05) is 11.1 Å². The minimum absolute atomic E-state index is 0.118. The van der Waals surface area contributed by atoms with Crippen LogP contribution in [0.2, 0.25) is 0 Å². The third-order valence-electron chi connectivity index (χ3n) is 5.59. The van der Waals surface area contributed by atoms with Crippen LogP contribution in [0, 0.1) is 0 Å². The number of ether oxygens (including phenoxy) is 1. The zero-order valence-electron chi connectivity index (χ0n) is 20.1. The van der Waals surface area contributed by atoms with Crippen molar-refractivity contribution in [1.82, 2.24) is 10.6 Å². The Hall–Kier alpha value is -4.64. The molecule has 0 atom stereocenters. The van der Waals surface area contributed by atoms with Gasteiger partial charge in [-0.25, -0.2) is 0 Å². The first-order valence-corrected chi connectivity index (χ1v) is 11.9. The van der Waals surface area contributed by atoms with E-state index in [1.165, 1.54) is 0 Å². The molecule has 0 saturated heterocycles. The Labute approximate surface area is 211 Å². The van der Waals surface area contributed by atoms with Gasteiger partial charge in [0.25, 0.3) is 11.8 Å². The second kappa shape index (κ2) is 12.2. The molecule has 4 aromatic rings. The van der Waals surface area contributed by atoms with Gasteiger partial charge in [0.05, 0.1) is 12.6 Å². The van der Waals surface area contributed by atoms with Crippen molar-refractivity contribution < 1.29 is 14.3 Å². The average Bonchev–Trinajstić information content (AvgIpc) is 2.93. The normalized spacial score (nSPS) is 11.1. The lowest BCUT2D eigenvalue weighted by Crippen LogP contribution is -2.37. The summed E-state index contributed by atoms with van der Waals surface area (Å²) in [6, 6.07) is 35.3. The fraction of sp³-hybridized carbons (Fsp3) is 0.0968. The molecule has 2 N–H and O–H groups in total. The molecule has 0 spiro atoms. The molecule has 0 bridgehead atoms. The largest absolute Gasteiger partial charge is 0.493 e. The Morgan fingerprint density at radius 2 is 1.28 bits per heavy atom. The molecule has 36 heavy (non-hydrogen) atoms. The van der Waals surface area contributed by atoms with Gasteiger partial charge in [0.2, 0.25) is 0 Å². The molecular formula is C31H28N2O3. The van der Waals surface area contributed by atoms with E-state index in [9.17, 15) is 9.59 Å². The van der Waals surface area contributed by atoms with E-state index < -0.39 is 11.9 Å². The maximum absolute atomic E-state index is 13.7. The summed E-state index contributed by atoms with van der Waals surface area (Å²) in [6.07, 6.45) is 1.65. The highest BCUT2D eigenvalue weighted by Gasteiger charge is 2.21. The molecule has 0 aliphatic carbocycles. The van der Waals surface area contributed by atoms with Gasteiger partial charge in [0.1, 0.15) is 11.4 Å². The van der Waals surface area contributed by atoms with Crippen molar-refractivity contribution in [1.29, 1.82) is 0 Å². The van der Waals surface area contributed by atoms with Gasteiger partial charge >= 0.3 is 0 Å². The Kier molecular flexibility index (Phi) is 8.28. The van der Waals surface area contributed by atoms with Crippen LogP contribution < -0.4 is 15.4 Å². The van der Waals surface area contributed by atoms with Crippen LogP contribution in [0.3, 0.4) is 0 Å². The van der Waals surface area contributed by atoms with Crippen LogP contribution in [0.25, 0.3) is 6.08 Å². The van der Waals surface area contributed by atoms with Crippen molar-refractivity contribution in [3.05, 3.63) is 143 Å². The molecule has 0 heterocycles. The Balaban J connectivity index is 1.71. The van der Waals surface area contributed by atoms with E-state index in [1.807, 2.05) is 97.9 Å². The number of nitrogens with one attached hydrogen (secondary N) is 2. The van der Waals surface area contributed by atoms with E-state index in [2.05, 4.69) is 10.6 Å². The Morgan fingerprint density at radius 1 is 0.750 bits per heavy atom. The van der Waals surface area contributed by atoms with E-state index in [0.717, 1.165) is 11.1 Å². The SMILES string of the molecule is CCOc1ccccc1C=C(NC(=O)c1ccccc1)C(=O)NC(c1ccccc1)c1ccccc1. The lowest BCUT2D eigenvalue weighted by atomic mass is 9.98. The average molecular weight is 477 g/mol. The summed E-state index contributed by atoms with van der Waals surface area (Å²) >= 11 is 0. The maximum atomic E-state index is 13.7. The molecule has 0 saturated carbocycles. The molecule has 0 aliphatic heterocycles. The quantitative estimate of drug-likeness (QED) is 0.302. The van der Waals surface area contributed by atoms with Crippen molar-refractivity contribution in [2.24, 2.45) is 0 Å². The number of hydrogen-bond acceptors (Lipinski definition) is 3. The summed E-state index contributed by atoms with van der Waals surface area (Å²) in [5.41, 5.74) is 3.12. The van der Waals surface area contributed by atoms with Crippen LogP contribution in [-0.4, -0.2) is 18.4 Å². The molecule has 5 nitrogen and oxygen atoms in total. The minimum Gasteiger partial charge on any atom is -0.493 e. The monoisotopic (exact) mass is 476 g/mol. The number of hydrogen-bond donors (Lipinski definition) is 2. The van der Waals surface area contributed by atoms with Gasteiger partial charge in [-0.1, -0.05) is 97.1 Å². The molecule has 0 radical (unpaired) electrons. The van der Waals surface area contributed by atoms with E-state index >= 15 is 0 Å². The lowest BCUT2D eigenvalue weighted by molar-refractivity contribution is -0.118. The summed E-state index contributed by atoms with van der Waals surface area (Å²) in [4.78, 5) is 26.7. The van der Waals surface area contributed by atoms with E-state index in [0.29, 0.717) is 23.5 Å². The summed E-state index contributed by atoms with van der Waals surface area (Å²) in [6.45, 7) is 2.38. The molecule has 4 rings (SSSR count). The van der Waals surface area contributed by atoms with Crippen LogP contribution in [0.1, 0.15) is 40.0 Å². The highest BCUT2D eigenvalue weighted by atomic mass is 16.5. The fourth-order valence-corrected chi connectivity index (χ4v) is 3.84. The van der Waals surface area contributed by atoms with Gasteiger partial charge in [-0.15, -0.1) is 0 Å². The van der Waals surface area contributed by atoms with E-state index in [1.54, 1.807) is 30.3 Å². The van der Waals surface area contributed by atoms with E-state index in [-0.39, 0.29) is 11.6 Å². The van der Waals surface area contributed by atoms with Crippen molar-refractivity contribution in [3.8, 4) is 5.75 Å². The maximum Gasteiger partial charge on any atom is 0.268 e. The number of carbonyl (C=O) groups excluding carboxylic acids is 2. The van der Waals surface area contributed by atoms with Gasteiger partial charge < -0.3 is 15.4 Å². The zero-order valence-corrected chi connectivity index (χ0v) is 20.1. The highest BCUT2D eigenvalue weighted by molar-refractivity contribution is 6.05. The number of rotatable bonds is 9. The van der Waals surface area contributed by atoms with Crippen molar-refractivity contribution in [2.75, 3.05) is 6.61 Å². The van der Waals surface area contributed by atoms with Crippen LogP contribution in [0.4, 0.5) is 0 Å². The molecule has 0 unspecified atom stereocenters. The number of benzene rings is 4. The van der Waals surface area contributed by atoms with E-state index in [4.69, 9.17) is 4.74 Å². The number of amides is 2. The van der Waals surface area contributed by atoms with Crippen LogP contribution in [-0.2, 0) is 4.79 Å². The molecule has 0 aliphatic rings. The summed E-state index contributed by atoms with van der Waals surface area (Å²) in [7, 11) is 0. The molecular weight excluding hydrogens is 448 g/mol. The fourth-order valence-electron chi connectivity index (χ4n) is 3.84. The highest BCUT2D eigenvalue weighted by Crippen LogP contribution is 2.24. The zero-order chi connectivity index (χ0) is 25.2. The van der Waals surface area contributed by atoms with Crippen LogP contribution in [0.5, 0.6) is 5.75 Å². The third-order valence-corrected chi connectivity index (χ3v) is 5.59. The van der Waals surface area contributed by atoms with Gasteiger partial charge in [0.15, 0.2) is 0 Å².